The SMILES string of the molecule is CCCc1nc(NCC)cc(NC2(C)CCCCC2)n1. The van der Waals surface area contributed by atoms with Gasteiger partial charge in [-0.15, -0.1) is 0 Å². The van der Waals surface area contributed by atoms with Gasteiger partial charge in [0, 0.05) is 24.6 Å². The van der Waals surface area contributed by atoms with E-state index in [1.807, 2.05) is 6.07 Å². The maximum Gasteiger partial charge on any atom is 0.133 e. The Balaban J connectivity index is 2.16. The summed E-state index contributed by atoms with van der Waals surface area (Å²) in [6, 6.07) is 2.04. The van der Waals surface area contributed by atoms with E-state index in [1.165, 1.54) is 32.1 Å². The quantitative estimate of drug-likeness (QED) is 0.824. The van der Waals surface area contributed by atoms with Crippen LogP contribution in [0.4, 0.5) is 11.6 Å². The molecule has 0 saturated heterocycles. The first-order valence-corrected chi connectivity index (χ1v) is 8.05. The summed E-state index contributed by atoms with van der Waals surface area (Å²) in [6.07, 6.45) is 8.47. The van der Waals surface area contributed by atoms with Gasteiger partial charge in [0.25, 0.3) is 0 Å². The highest BCUT2D eigenvalue weighted by atomic mass is 15.1. The second-order valence-electron chi connectivity index (χ2n) is 6.08. The molecule has 1 heterocycles. The fourth-order valence-corrected chi connectivity index (χ4v) is 2.93. The van der Waals surface area contributed by atoms with Crippen molar-refractivity contribution in [1.82, 2.24) is 9.97 Å². The molecule has 4 heteroatoms. The zero-order chi connectivity index (χ0) is 14.4. The van der Waals surface area contributed by atoms with E-state index in [1.54, 1.807) is 0 Å². The third-order valence-electron chi connectivity index (χ3n) is 3.99. The molecule has 1 saturated carbocycles. The fraction of sp³-hybridized carbons (Fsp3) is 0.750. The average Bonchev–Trinajstić information content (AvgIpc) is 2.39. The van der Waals surface area contributed by atoms with Crippen LogP contribution in [0.2, 0.25) is 0 Å². The third kappa shape index (κ3) is 4.09. The summed E-state index contributed by atoms with van der Waals surface area (Å²) < 4.78 is 0. The minimum Gasteiger partial charge on any atom is -0.370 e. The molecule has 1 aromatic rings. The maximum absolute atomic E-state index is 4.68. The smallest absolute Gasteiger partial charge is 0.133 e. The molecule has 4 nitrogen and oxygen atoms in total. The summed E-state index contributed by atoms with van der Waals surface area (Å²) in [6.45, 7) is 7.47. The minimum atomic E-state index is 0.194. The van der Waals surface area contributed by atoms with Crippen LogP contribution in [-0.4, -0.2) is 22.1 Å². The zero-order valence-electron chi connectivity index (χ0n) is 13.1. The van der Waals surface area contributed by atoms with Gasteiger partial charge in [0.1, 0.15) is 17.5 Å². The molecule has 1 aromatic heterocycles. The van der Waals surface area contributed by atoms with Crippen molar-refractivity contribution in [3.63, 3.8) is 0 Å². The molecule has 112 valence electrons. The molecule has 0 unspecified atom stereocenters. The number of aryl methyl sites for hydroxylation is 1. The van der Waals surface area contributed by atoms with E-state index in [2.05, 4.69) is 41.4 Å². The molecule has 1 fully saturated rings. The number of aromatic nitrogens is 2. The molecular formula is C16H28N4. The summed E-state index contributed by atoms with van der Waals surface area (Å²) in [5.74, 6) is 2.85. The Morgan fingerprint density at radius 3 is 2.45 bits per heavy atom. The molecule has 2 N–H and O–H groups in total. The first-order chi connectivity index (χ1) is 9.65. The fourth-order valence-electron chi connectivity index (χ4n) is 2.93. The number of nitrogens with one attached hydrogen (secondary N) is 2. The van der Waals surface area contributed by atoms with Gasteiger partial charge in [0.2, 0.25) is 0 Å². The zero-order valence-corrected chi connectivity index (χ0v) is 13.1. The Morgan fingerprint density at radius 1 is 1.10 bits per heavy atom. The second kappa shape index (κ2) is 6.91. The van der Waals surface area contributed by atoms with Crippen molar-refractivity contribution in [1.29, 1.82) is 0 Å². The largest absolute Gasteiger partial charge is 0.370 e. The first kappa shape index (κ1) is 15.1. The van der Waals surface area contributed by atoms with Crippen molar-refractivity contribution in [2.45, 2.75) is 71.3 Å². The third-order valence-corrected chi connectivity index (χ3v) is 3.99. The van der Waals surface area contributed by atoms with Crippen LogP contribution < -0.4 is 10.6 Å². The van der Waals surface area contributed by atoms with Crippen LogP contribution in [0.3, 0.4) is 0 Å². The molecular weight excluding hydrogens is 248 g/mol. The van der Waals surface area contributed by atoms with E-state index in [4.69, 9.17) is 0 Å². The van der Waals surface area contributed by atoms with E-state index in [0.717, 1.165) is 36.8 Å². The normalized spacial score (nSPS) is 17.8. The summed E-state index contributed by atoms with van der Waals surface area (Å²) in [5.41, 5.74) is 0.194. The van der Waals surface area contributed by atoms with Gasteiger partial charge >= 0.3 is 0 Å². The standard InChI is InChI=1S/C16H28N4/c1-4-9-13-18-14(17-5-2)12-15(19-13)20-16(3)10-7-6-8-11-16/h12H,4-11H2,1-3H3,(H2,17,18,19,20). The second-order valence-corrected chi connectivity index (χ2v) is 6.08. The van der Waals surface area contributed by atoms with E-state index in [9.17, 15) is 0 Å². The lowest BCUT2D eigenvalue weighted by atomic mass is 9.83. The summed E-state index contributed by atoms with van der Waals surface area (Å²) in [7, 11) is 0. The van der Waals surface area contributed by atoms with Gasteiger partial charge in [-0.3, -0.25) is 0 Å². The van der Waals surface area contributed by atoms with Crippen molar-refractivity contribution in [3.8, 4) is 0 Å². The Hall–Kier alpha value is -1.32. The van der Waals surface area contributed by atoms with Crippen LogP contribution in [0.1, 0.15) is 65.1 Å². The number of rotatable bonds is 6. The number of anilines is 2. The van der Waals surface area contributed by atoms with E-state index in [-0.39, 0.29) is 5.54 Å². The summed E-state index contributed by atoms with van der Waals surface area (Å²) in [5, 5.41) is 6.97. The van der Waals surface area contributed by atoms with Crippen molar-refractivity contribution < 1.29 is 0 Å². The van der Waals surface area contributed by atoms with Gasteiger partial charge in [-0.25, -0.2) is 9.97 Å². The lowest BCUT2D eigenvalue weighted by Crippen LogP contribution is -2.37. The Kier molecular flexibility index (Phi) is 5.21. The van der Waals surface area contributed by atoms with Crippen LogP contribution in [0.5, 0.6) is 0 Å². The number of hydrogen-bond donors (Lipinski definition) is 2. The van der Waals surface area contributed by atoms with Crippen LogP contribution >= 0.6 is 0 Å². The average molecular weight is 276 g/mol. The lowest BCUT2D eigenvalue weighted by molar-refractivity contribution is 0.348. The topological polar surface area (TPSA) is 49.8 Å². The lowest BCUT2D eigenvalue weighted by Gasteiger charge is -2.35. The highest BCUT2D eigenvalue weighted by Gasteiger charge is 2.27. The molecule has 2 rings (SSSR count). The molecule has 0 aromatic carbocycles. The molecule has 0 amide bonds. The minimum absolute atomic E-state index is 0.194. The highest BCUT2D eigenvalue weighted by Crippen LogP contribution is 2.31. The number of nitrogens with zero attached hydrogens (tertiary/aromatic N) is 2. The Labute approximate surface area is 122 Å². The van der Waals surface area contributed by atoms with Gasteiger partial charge in [-0.2, -0.15) is 0 Å². The Morgan fingerprint density at radius 2 is 1.80 bits per heavy atom. The van der Waals surface area contributed by atoms with Gasteiger partial charge in [-0.1, -0.05) is 26.2 Å². The molecule has 0 bridgehead atoms. The molecule has 1 aliphatic rings. The van der Waals surface area contributed by atoms with E-state index < -0.39 is 0 Å². The first-order valence-electron chi connectivity index (χ1n) is 8.05. The molecule has 0 aliphatic heterocycles. The molecule has 0 radical (unpaired) electrons. The van der Waals surface area contributed by atoms with Crippen molar-refractivity contribution in [2.24, 2.45) is 0 Å². The van der Waals surface area contributed by atoms with Gasteiger partial charge < -0.3 is 10.6 Å². The maximum atomic E-state index is 4.68. The van der Waals surface area contributed by atoms with Crippen LogP contribution in [-0.2, 0) is 6.42 Å². The van der Waals surface area contributed by atoms with Crippen LogP contribution in [0, 0.1) is 0 Å². The van der Waals surface area contributed by atoms with Crippen LogP contribution in [0.15, 0.2) is 6.07 Å². The van der Waals surface area contributed by atoms with Crippen molar-refractivity contribution in [3.05, 3.63) is 11.9 Å². The highest BCUT2D eigenvalue weighted by molar-refractivity contribution is 5.49. The van der Waals surface area contributed by atoms with Crippen molar-refractivity contribution in [2.75, 3.05) is 17.2 Å². The van der Waals surface area contributed by atoms with Gasteiger partial charge in [-0.05, 0) is 33.1 Å². The predicted molar refractivity (Wildman–Crippen MR) is 85.3 cm³/mol. The molecule has 1 aliphatic carbocycles. The molecule has 20 heavy (non-hydrogen) atoms. The van der Waals surface area contributed by atoms with Crippen molar-refractivity contribution >= 4 is 11.6 Å². The monoisotopic (exact) mass is 276 g/mol. The van der Waals surface area contributed by atoms with Gasteiger partial charge in [0.05, 0.1) is 0 Å². The van der Waals surface area contributed by atoms with E-state index >= 15 is 0 Å². The van der Waals surface area contributed by atoms with E-state index in [0.29, 0.717) is 0 Å². The summed E-state index contributed by atoms with van der Waals surface area (Å²) in [4.78, 5) is 9.25. The summed E-state index contributed by atoms with van der Waals surface area (Å²) >= 11 is 0. The Bertz CT molecular complexity index is 400. The molecule has 0 spiro atoms. The van der Waals surface area contributed by atoms with Gasteiger partial charge in [0.15, 0.2) is 0 Å². The molecule has 0 atom stereocenters. The predicted octanol–water partition coefficient (Wildman–Crippen LogP) is 4.00. The van der Waals surface area contributed by atoms with Crippen LogP contribution in [0.25, 0.3) is 0 Å². The number of hydrogen-bond acceptors (Lipinski definition) is 4.